The minimum absolute atomic E-state index is 0.0527. The van der Waals surface area contributed by atoms with E-state index in [2.05, 4.69) is 17.4 Å². The average molecular weight is 579 g/mol. The van der Waals surface area contributed by atoms with Gasteiger partial charge in [0, 0.05) is 25.8 Å². The van der Waals surface area contributed by atoms with E-state index in [0.29, 0.717) is 12.8 Å². The summed E-state index contributed by atoms with van der Waals surface area (Å²) in [6.07, 6.45) is 1.94. The fraction of sp³-hybridized carbons (Fsp3) is 0.484. The van der Waals surface area contributed by atoms with Gasteiger partial charge in [-0.05, 0) is 28.3 Å². The number of amides is 1. The molecule has 2 aliphatic carbocycles. The number of carbonyl (C=O) groups excluding carboxylic acids is 2. The van der Waals surface area contributed by atoms with Crippen molar-refractivity contribution in [2.75, 3.05) is 26.4 Å². The summed E-state index contributed by atoms with van der Waals surface area (Å²) in [5, 5.41) is 22.7. The Morgan fingerprint density at radius 1 is 1.07 bits per heavy atom. The number of fused-ring (bicyclic) bond motifs is 5. The van der Waals surface area contributed by atoms with E-state index < -0.39 is 47.6 Å². The number of carbonyl (C=O) groups is 2. The molecular formula is C31H34N2O9. The summed E-state index contributed by atoms with van der Waals surface area (Å²) in [4.78, 5) is 34.2. The molecule has 1 spiro atoms. The number of hydroxylamine groups is 2. The summed E-state index contributed by atoms with van der Waals surface area (Å²) < 4.78 is 24.6. The maximum absolute atomic E-state index is 13.9. The molecule has 0 unspecified atom stereocenters. The van der Waals surface area contributed by atoms with Crippen molar-refractivity contribution >= 4 is 18.0 Å². The van der Waals surface area contributed by atoms with E-state index in [1.807, 2.05) is 36.4 Å². The molecule has 1 saturated carbocycles. The third-order valence-corrected chi connectivity index (χ3v) is 8.97. The topological polar surface area (TPSA) is 136 Å². The van der Waals surface area contributed by atoms with Gasteiger partial charge in [-0.1, -0.05) is 48.5 Å². The van der Waals surface area contributed by atoms with Crippen LogP contribution in [0, 0.1) is 5.41 Å². The van der Waals surface area contributed by atoms with Gasteiger partial charge in [-0.3, -0.25) is 14.4 Å². The normalized spacial score (nSPS) is 32.1. The number of hydrogen-bond acceptors (Lipinski definition) is 10. The summed E-state index contributed by atoms with van der Waals surface area (Å²) in [5.41, 5.74) is 2.72. The van der Waals surface area contributed by atoms with Gasteiger partial charge in [0.25, 0.3) is 0 Å². The molecule has 0 aromatic heterocycles. The van der Waals surface area contributed by atoms with E-state index >= 15 is 0 Å². The van der Waals surface area contributed by atoms with Crippen molar-refractivity contribution in [2.24, 2.45) is 5.41 Å². The Morgan fingerprint density at radius 2 is 1.86 bits per heavy atom. The molecule has 0 radical (unpaired) electrons. The summed E-state index contributed by atoms with van der Waals surface area (Å²) >= 11 is 0. The molecule has 42 heavy (non-hydrogen) atoms. The van der Waals surface area contributed by atoms with Crippen LogP contribution in [0.15, 0.2) is 54.8 Å². The third kappa shape index (κ3) is 4.43. The monoisotopic (exact) mass is 578 g/mol. The van der Waals surface area contributed by atoms with E-state index in [9.17, 15) is 14.7 Å². The van der Waals surface area contributed by atoms with Crippen LogP contribution in [0.1, 0.15) is 28.7 Å². The smallest absolute Gasteiger partial charge is 0.327 e. The van der Waals surface area contributed by atoms with E-state index in [-0.39, 0.29) is 45.2 Å². The van der Waals surface area contributed by atoms with Crippen molar-refractivity contribution < 1.29 is 43.6 Å². The molecule has 2 aromatic rings. The molecule has 1 amide bonds. The molecule has 3 aliphatic heterocycles. The molecular weight excluding hydrogens is 544 g/mol. The van der Waals surface area contributed by atoms with Crippen LogP contribution in [-0.4, -0.2) is 89.8 Å². The fourth-order valence-corrected chi connectivity index (χ4v) is 7.32. The fourth-order valence-electron chi connectivity index (χ4n) is 7.32. The Balaban J connectivity index is 1.20. The molecule has 3 N–H and O–H groups in total. The minimum Gasteiger partial charge on any atom is -0.499 e. The second kappa shape index (κ2) is 10.7. The first-order valence-electron chi connectivity index (χ1n) is 14.4. The van der Waals surface area contributed by atoms with Crippen LogP contribution in [0.2, 0.25) is 0 Å². The lowest BCUT2D eigenvalue weighted by molar-refractivity contribution is -0.217. The van der Waals surface area contributed by atoms with Gasteiger partial charge in [0.15, 0.2) is 11.8 Å². The first-order valence-corrected chi connectivity index (χ1v) is 14.4. The highest BCUT2D eigenvalue weighted by molar-refractivity contribution is 5.93. The Hall–Kier alpha value is -3.32. The molecule has 11 nitrogen and oxygen atoms in total. The van der Waals surface area contributed by atoms with Crippen LogP contribution in [0.25, 0.3) is 6.08 Å². The number of ether oxygens (including phenoxy) is 4. The van der Waals surface area contributed by atoms with Gasteiger partial charge in [-0.2, -0.15) is 5.06 Å². The predicted octanol–water partition coefficient (Wildman–Crippen LogP) is 0.854. The van der Waals surface area contributed by atoms with Gasteiger partial charge in [0.1, 0.15) is 36.4 Å². The van der Waals surface area contributed by atoms with Gasteiger partial charge < -0.3 is 34.5 Å². The summed E-state index contributed by atoms with van der Waals surface area (Å²) in [5.74, 6) is -1.83. The SMILES string of the molecule is O=C1O[C@@H]2C[C@@]3(C(=O)NCCO)[C@H](ON(Cc4cccc(C=COCCO)c4)[C@@H]13)[C@H]1OC3(Cc4ccccc4C3)O[C@H]12. The lowest BCUT2D eigenvalue weighted by Gasteiger charge is -2.48. The second-order valence-corrected chi connectivity index (χ2v) is 11.5. The van der Waals surface area contributed by atoms with Crippen LogP contribution in [0.4, 0.5) is 0 Å². The van der Waals surface area contributed by atoms with Gasteiger partial charge in [-0.15, -0.1) is 0 Å². The molecule has 222 valence electrons. The van der Waals surface area contributed by atoms with Crippen molar-refractivity contribution in [2.45, 2.75) is 62.1 Å². The van der Waals surface area contributed by atoms with E-state index in [4.69, 9.17) is 28.9 Å². The number of esters is 1. The number of hydrogen-bond donors (Lipinski definition) is 3. The maximum atomic E-state index is 13.9. The molecule has 7 rings (SSSR count). The van der Waals surface area contributed by atoms with Crippen LogP contribution in [0.5, 0.6) is 0 Å². The van der Waals surface area contributed by atoms with Crippen LogP contribution < -0.4 is 5.32 Å². The van der Waals surface area contributed by atoms with Crippen molar-refractivity contribution in [3.05, 3.63) is 77.0 Å². The summed E-state index contributed by atoms with van der Waals surface area (Å²) in [7, 11) is 0. The highest BCUT2D eigenvalue weighted by Gasteiger charge is 2.76. The van der Waals surface area contributed by atoms with Crippen LogP contribution in [-0.2, 0) is 52.8 Å². The Kier molecular flexibility index (Phi) is 7.04. The first kappa shape index (κ1) is 27.5. The van der Waals surface area contributed by atoms with E-state index in [0.717, 1.165) is 22.3 Å². The molecule has 2 bridgehead atoms. The average Bonchev–Trinajstić information content (AvgIpc) is 3.66. The number of nitrogens with zero attached hydrogens (tertiary/aromatic N) is 1. The van der Waals surface area contributed by atoms with Crippen LogP contribution in [0.3, 0.4) is 0 Å². The van der Waals surface area contributed by atoms with Gasteiger partial charge in [0.2, 0.25) is 5.91 Å². The first-order chi connectivity index (χ1) is 20.5. The molecule has 4 fully saturated rings. The molecule has 11 heteroatoms. The zero-order valence-corrected chi connectivity index (χ0v) is 23.0. The molecule has 3 heterocycles. The molecule has 2 aromatic carbocycles. The number of benzene rings is 2. The van der Waals surface area contributed by atoms with Crippen molar-refractivity contribution in [3.8, 4) is 0 Å². The lowest BCUT2D eigenvalue weighted by Crippen LogP contribution is -2.69. The maximum Gasteiger partial charge on any atom is 0.327 e. The highest BCUT2D eigenvalue weighted by atomic mass is 16.8. The third-order valence-electron chi connectivity index (χ3n) is 8.97. The zero-order valence-electron chi connectivity index (χ0n) is 23.0. The molecule has 6 atom stereocenters. The van der Waals surface area contributed by atoms with Crippen molar-refractivity contribution in [1.82, 2.24) is 10.4 Å². The highest BCUT2D eigenvalue weighted by Crippen LogP contribution is 2.58. The molecule has 5 aliphatic rings. The predicted molar refractivity (Wildman–Crippen MR) is 146 cm³/mol. The molecule has 3 saturated heterocycles. The number of rotatable bonds is 9. The standard InChI is InChI=1S/C31H34N2O9/c34-10-9-32-29(37)31-17-23-24-25(41-30(40-24)15-21-6-1-2-7-22(21)16-30)27(31)42-33(26(31)28(36)39-23)18-20-5-3-4-19(14-20)8-12-38-13-11-35/h1-8,12,14,23-27,34-35H,9-11,13,15-18H2,(H,32,37)/t23-,24+,25+,26+,27-,31+/m1/s1. The van der Waals surface area contributed by atoms with Crippen LogP contribution >= 0.6 is 0 Å². The van der Waals surface area contributed by atoms with E-state index in [1.165, 1.54) is 6.26 Å². The van der Waals surface area contributed by atoms with Crippen molar-refractivity contribution in [3.63, 3.8) is 0 Å². The van der Waals surface area contributed by atoms with Gasteiger partial charge in [0.05, 0.1) is 26.0 Å². The quantitative estimate of drug-likeness (QED) is 0.223. The van der Waals surface area contributed by atoms with Crippen molar-refractivity contribution in [1.29, 1.82) is 0 Å². The minimum atomic E-state index is -1.29. The lowest BCUT2D eigenvalue weighted by atomic mass is 9.62. The number of aliphatic hydroxyl groups is 2. The second-order valence-electron chi connectivity index (χ2n) is 11.5. The number of aliphatic hydroxyl groups excluding tert-OH is 2. The number of nitrogens with one attached hydrogen (secondary N) is 1. The zero-order chi connectivity index (χ0) is 28.9. The van der Waals surface area contributed by atoms with Gasteiger partial charge >= 0.3 is 5.97 Å². The van der Waals surface area contributed by atoms with E-state index in [1.54, 1.807) is 11.1 Å². The largest absolute Gasteiger partial charge is 0.499 e. The van der Waals surface area contributed by atoms with Gasteiger partial charge in [-0.25, -0.2) is 0 Å². The Morgan fingerprint density at radius 3 is 2.62 bits per heavy atom. The Bertz CT molecular complexity index is 1370. The summed E-state index contributed by atoms with van der Waals surface area (Å²) in [6.45, 7) is 0.159. The Labute approximate surface area is 242 Å². The summed E-state index contributed by atoms with van der Waals surface area (Å²) in [6, 6.07) is 14.7.